The molecule has 0 radical (unpaired) electrons. The molecule has 0 unspecified atom stereocenters. The van der Waals surface area contributed by atoms with Gasteiger partial charge in [-0.05, 0) is 19.1 Å². The third kappa shape index (κ3) is 3.22. The molecule has 2 aromatic rings. The van der Waals surface area contributed by atoms with Crippen molar-refractivity contribution in [2.45, 2.75) is 6.92 Å². The zero-order valence-corrected chi connectivity index (χ0v) is 10.5. The summed E-state index contributed by atoms with van der Waals surface area (Å²) in [6, 6.07) is 17.5. The largest absolute Gasteiger partial charge is 0.287 e. The van der Waals surface area contributed by atoms with Crippen LogP contribution in [0, 0.1) is 0 Å². The minimum atomic E-state index is -0.401. The lowest BCUT2D eigenvalue weighted by atomic mass is 10.1. The molecule has 0 saturated heterocycles. The Bertz CT molecular complexity index is 616. The van der Waals surface area contributed by atoms with Gasteiger partial charge in [0.05, 0.1) is 5.71 Å². The predicted molar refractivity (Wildman–Crippen MR) is 74.7 cm³/mol. The number of ketones is 1. The number of hydrogen-bond acceptors (Lipinski definition) is 2. The van der Waals surface area contributed by atoms with E-state index in [0.717, 1.165) is 0 Å². The Morgan fingerprint density at radius 2 is 1.26 bits per heavy atom. The van der Waals surface area contributed by atoms with Crippen LogP contribution in [0.25, 0.3) is 0 Å². The van der Waals surface area contributed by atoms with Crippen LogP contribution in [0.1, 0.15) is 27.6 Å². The Morgan fingerprint density at radius 1 is 0.789 bits per heavy atom. The molecule has 0 N–H and O–H groups in total. The van der Waals surface area contributed by atoms with E-state index in [1.54, 1.807) is 55.5 Å². The molecule has 0 aliphatic rings. The Morgan fingerprint density at radius 3 is 1.79 bits per heavy atom. The van der Waals surface area contributed by atoms with Crippen LogP contribution >= 0.6 is 0 Å². The fourth-order valence-corrected chi connectivity index (χ4v) is 1.65. The van der Waals surface area contributed by atoms with Crippen LogP contribution in [-0.2, 0) is 0 Å². The average Bonchev–Trinajstić information content (AvgIpc) is 2.48. The van der Waals surface area contributed by atoms with Gasteiger partial charge in [-0.3, -0.25) is 9.59 Å². The van der Waals surface area contributed by atoms with Gasteiger partial charge in [0, 0.05) is 11.1 Å². The molecule has 0 aliphatic heterocycles. The Labute approximate surface area is 111 Å². The van der Waals surface area contributed by atoms with Crippen molar-refractivity contribution in [3.05, 3.63) is 71.8 Å². The van der Waals surface area contributed by atoms with Crippen molar-refractivity contribution in [3.63, 3.8) is 0 Å². The summed E-state index contributed by atoms with van der Waals surface area (Å²) in [5.41, 5.74) is 1.20. The van der Waals surface area contributed by atoms with Gasteiger partial charge in [0.15, 0.2) is 0 Å². The number of rotatable bonds is 3. The average molecular weight is 251 g/mol. The van der Waals surface area contributed by atoms with Gasteiger partial charge in [-0.2, -0.15) is 0 Å². The highest BCUT2D eigenvalue weighted by Gasteiger charge is 2.11. The molecule has 1 amide bonds. The van der Waals surface area contributed by atoms with E-state index in [9.17, 15) is 9.59 Å². The van der Waals surface area contributed by atoms with E-state index in [1.165, 1.54) is 0 Å². The lowest BCUT2D eigenvalue weighted by molar-refractivity contribution is 0.0992. The lowest BCUT2D eigenvalue weighted by Gasteiger charge is -2.00. The molecule has 0 bridgehead atoms. The van der Waals surface area contributed by atoms with Gasteiger partial charge in [0.25, 0.3) is 5.91 Å². The smallest absolute Gasteiger partial charge is 0.277 e. The maximum absolute atomic E-state index is 12.0. The quantitative estimate of drug-likeness (QED) is 0.621. The summed E-state index contributed by atoms with van der Waals surface area (Å²) in [4.78, 5) is 27.7. The molecule has 0 saturated carbocycles. The summed E-state index contributed by atoms with van der Waals surface area (Å²) >= 11 is 0. The number of aliphatic imine (C=N–C) groups is 1. The molecule has 0 aromatic heterocycles. The highest BCUT2D eigenvalue weighted by molar-refractivity contribution is 6.46. The standard InChI is InChI=1S/C16H13NO2/c1-12(15(18)13-8-4-2-5-9-13)17-16(19)14-10-6-3-7-11-14/h2-11H,1H3. The Hall–Kier alpha value is -2.55. The summed E-state index contributed by atoms with van der Waals surface area (Å²) in [6.45, 7) is 1.55. The normalized spacial score (nSPS) is 11.1. The number of amides is 1. The number of hydrogen-bond donors (Lipinski definition) is 0. The van der Waals surface area contributed by atoms with Crippen LogP contribution in [0.2, 0.25) is 0 Å². The van der Waals surface area contributed by atoms with E-state index in [0.29, 0.717) is 11.1 Å². The Kier molecular flexibility index (Phi) is 3.98. The van der Waals surface area contributed by atoms with Gasteiger partial charge in [-0.25, -0.2) is 4.99 Å². The van der Waals surface area contributed by atoms with Gasteiger partial charge in [0.2, 0.25) is 5.78 Å². The fourth-order valence-electron chi connectivity index (χ4n) is 1.65. The highest BCUT2D eigenvalue weighted by Crippen LogP contribution is 2.05. The van der Waals surface area contributed by atoms with Crippen LogP contribution in [0.5, 0.6) is 0 Å². The minimum Gasteiger partial charge on any atom is -0.287 e. The molecule has 3 heteroatoms. The zero-order chi connectivity index (χ0) is 13.7. The molecule has 0 aliphatic carbocycles. The first kappa shape index (κ1) is 12.9. The topological polar surface area (TPSA) is 46.5 Å². The monoisotopic (exact) mass is 251 g/mol. The molecular weight excluding hydrogens is 238 g/mol. The van der Waals surface area contributed by atoms with E-state index >= 15 is 0 Å². The lowest BCUT2D eigenvalue weighted by Crippen LogP contribution is -2.12. The van der Waals surface area contributed by atoms with Crippen LogP contribution < -0.4 is 0 Å². The number of nitrogens with zero attached hydrogens (tertiary/aromatic N) is 1. The zero-order valence-electron chi connectivity index (χ0n) is 10.5. The second kappa shape index (κ2) is 5.87. The van der Waals surface area contributed by atoms with Gasteiger partial charge in [0.1, 0.15) is 0 Å². The molecule has 0 heterocycles. The van der Waals surface area contributed by atoms with Crippen LogP contribution in [0.15, 0.2) is 65.7 Å². The number of Topliss-reactive ketones (excluding diaryl/α,β-unsaturated/α-hetero) is 1. The van der Waals surface area contributed by atoms with E-state index in [-0.39, 0.29) is 11.5 Å². The Balaban J connectivity index is 2.20. The summed E-state index contributed by atoms with van der Waals surface area (Å²) in [7, 11) is 0. The van der Waals surface area contributed by atoms with Crippen molar-refractivity contribution in [1.82, 2.24) is 0 Å². The number of carbonyl (C=O) groups is 2. The van der Waals surface area contributed by atoms with Crippen LogP contribution in [0.3, 0.4) is 0 Å². The molecule has 19 heavy (non-hydrogen) atoms. The maximum atomic E-state index is 12.0. The summed E-state index contributed by atoms with van der Waals surface area (Å²) in [5, 5.41) is 0. The van der Waals surface area contributed by atoms with Crippen molar-refractivity contribution >= 4 is 17.4 Å². The summed E-state index contributed by atoms with van der Waals surface area (Å²) in [6.07, 6.45) is 0. The van der Waals surface area contributed by atoms with Gasteiger partial charge in [-0.1, -0.05) is 48.5 Å². The molecule has 2 rings (SSSR count). The van der Waals surface area contributed by atoms with Crippen molar-refractivity contribution in [2.24, 2.45) is 4.99 Å². The molecule has 3 nitrogen and oxygen atoms in total. The fraction of sp³-hybridized carbons (Fsp3) is 0.0625. The molecular formula is C16H13NO2. The van der Waals surface area contributed by atoms with E-state index in [2.05, 4.69) is 4.99 Å². The van der Waals surface area contributed by atoms with Crippen molar-refractivity contribution < 1.29 is 9.59 Å². The molecule has 94 valence electrons. The van der Waals surface area contributed by atoms with E-state index < -0.39 is 5.91 Å². The third-order valence-electron chi connectivity index (χ3n) is 2.65. The van der Waals surface area contributed by atoms with Crippen LogP contribution in [-0.4, -0.2) is 17.4 Å². The van der Waals surface area contributed by atoms with E-state index in [1.807, 2.05) is 12.1 Å². The molecule has 2 aromatic carbocycles. The van der Waals surface area contributed by atoms with E-state index in [4.69, 9.17) is 0 Å². The van der Waals surface area contributed by atoms with Crippen molar-refractivity contribution in [1.29, 1.82) is 0 Å². The maximum Gasteiger partial charge on any atom is 0.277 e. The third-order valence-corrected chi connectivity index (χ3v) is 2.65. The molecule has 0 fully saturated rings. The van der Waals surface area contributed by atoms with Gasteiger partial charge in [-0.15, -0.1) is 0 Å². The van der Waals surface area contributed by atoms with Crippen LogP contribution in [0.4, 0.5) is 0 Å². The number of benzene rings is 2. The van der Waals surface area contributed by atoms with Crippen molar-refractivity contribution in [3.8, 4) is 0 Å². The summed E-state index contributed by atoms with van der Waals surface area (Å²) in [5.74, 6) is -0.632. The molecule has 0 spiro atoms. The predicted octanol–water partition coefficient (Wildman–Crippen LogP) is 3.17. The first-order chi connectivity index (χ1) is 9.18. The second-order valence-electron chi connectivity index (χ2n) is 4.06. The first-order valence-corrected chi connectivity index (χ1v) is 5.93. The van der Waals surface area contributed by atoms with Gasteiger partial charge < -0.3 is 0 Å². The SMILES string of the molecule is CC(=NC(=O)c1ccccc1)C(=O)c1ccccc1. The summed E-state index contributed by atoms with van der Waals surface area (Å²) < 4.78 is 0. The minimum absolute atomic E-state index is 0.194. The van der Waals surface area contributed by atoms with Crippen molar-refractivity contribution in [2.75, 3.05) is 0 Å². The van der Waals surface area contributed by atoms with Gasteiger partial charge >= 0.3 is 0 Å². The highest BCUT2D eigenvalue weighted by atomic mass is 16.2. The molecule has 0 atom stereocenters. The first-order valence-electron chi connectivity index (χ1n) is 5.93. The second-order valence-corrected chi connectivity index (χ2v) is 4.06. The number of carbonyl (C=O) groups excluding carboxylic acids is 2.